The molecular weight excluding hydrogens is 453 g/mol. The van der Waals surface area contributed by atoms with Gasteiger partial charge in [0.2, 0.25) is 0 Å². The summed E-state index contributed by atoms with van der Waals surface area (Å²) in [6.45, 7) is 4.66. The minimum absolute atomic E-state index is 0. The van der Waals surface area contributed by atoms with Crippen molar-refractivity contribution in [2.24, 2.45) is 12.0 Å². The molecule has 0 aliphatic carbocycles. The van der Waals surface area contributed by atoms with Gasteiger partial charge in [-0.3, -0.25) is 4.99 Å². The van der Waals surface area contributed by atoms with E-state index in [2.05, 4.69) is 59.1 Å². The lowest BCUT2D eigenvalue weighted by molar-refractivity contribution is 0.462. The highest BCUT2D eigenvalue weighted by molar-refractivity contribution is 14.0. The van der Waals surface area contributed by atoms with Crippen LogP contribution in [0.4, 0.5) is 0 Å². The van der Waals surface area contributed by atoms with E-state index in [-0.39, 0.29) is 24.0 Å². The van der Waals surface area contributed by atoms with Gasteiger partial charge in [-0.25, -0.2) is 4.98 Å². The molecule has 0 bridgehead atoms. The number of nitrogens with one attached hydrogen (secondary N) is 1. The van der Waals surface area contributed by atoms with Crippen LogP contribution in [-0.2, 0) is 13.6 Å². The molecule has 0 aliphatic heterocycles. The highest BCUT2D eigenvalue weighted by Crippen LogP contribution is 2.20. The van der Waals surface area contributed by atoms with Crippen molar-refractivity contribution < 1.29 is 0 Å². The van der Waals surface area contributed by atoms with Crippen LogP contribution in [-0.4, -0.2) is 46.3 Å². The van der Waals surface area contributed by atoms with E-state index in [4.69, 9.17) is 4.99 Å². The fourth-order valence-electron chi connectivity index (χ4n) is 2.14. The molecule has 0 fully saturated rings. The maximum absolute atomic E-state index is 4.73. The molecular formula is C16H26IN5S2. The SMILES string of the molecule is CCNC(=NCCCSc1nccs1)N(C)Cc1cccn1C.I. The largest absolute Gasteiger partial charge is 0.357 e. The quantitative estimate of drug-likeness (QED) is 0.206. The van der Waals surface area contributed by atoms with Crippen LogP contribution in [0.2, 0.25) is 0 Å². The first-order chi connectivity index (χ1) is 11.2. The predicted octanol–water partition coefficient (Wildman–Crippen LogP) is 3.68. The van der Waals surface area contributed by atoms with Crippen LogP contribution >= 0.6 is 47.1 Å². The van der Waals surface area contributed by atoms with Crippen LogP contribution in [0.5, 0.6) is 0 Å². The molecule has 2 rings (SSSR count). The van der Waals surface area contributed by atoms with E-state index >= 15 is 0 Å². The summed E-state index contributed by atoms with van der Waals surface area (Å²) in [6, 6.07) is 4.22. The number of aromatic nitrogens is 2. The number of hydrogen-bond donors (Lipinski definition) is 1. The van der Waals surface area contributed by atoms with Crippen molar-refractivity contribution in [3.63, 3.8) is 0 Å². The number of hydrogen-bond acceptors (Lipinski definition) is 4. The van der Waals surface area contributed by atoms with Gasteiger partial charge in [-0.2, -0.15) is 0 Å². The predicted molar refractivity (Wildman–Crippen MR) is 116 cm³/mol. The second-order valence-corrected chi connectivity index (χ2v) is 7.44. The minimum atomic E-state index is 0. The molecule has 8 heteroatoms. The zero-order valence-electron chi connectivity index (χ0n) is 14.4. The Morgan fingerprint density at radius 2 is 2.33 bits per heavy atom. The maximum atomic E-state index is 4.73. The Morgan fingerprint density at radius 1 is 1.50 bits per heavy atom. The lowest BCUT2D eigenvalue weighted by atomic mass is 10.4. The van der Waals surface area contributed by atoms with Crippen molar-refractivity contribution in [2.45, 2.75) is 24.2 Å². The Kier molecular flexibility index (Phi) is 10.4. The molecule has 0 saturated carbocycles. The molecule has 0 aliphatic rings. The van der Waals surface area contributed by atoms with E-state index in [1.54, 1.807) is 11.3 Å². The molecule has 0 spiro atoms. The van der Waals surface area contributed by atoms with E-state index in [1.807, 2.05) is 23.3 Å². The maximum Gasteiger partial charge on any atom is 0.194 e. The molecule has 1 N–H and O–H groups in total. The fraction of sp³-hybridized carbons (Fsp3) is 0.500. The summed E-state index contributed by atoms with van der Waals surface area (Å²) in [5.74, 6) is 2.02. The van der Waals surface area contributed by atoms with Gasteiger partial charge in [-0.15, -0.1) is 35.3 Å². The third kappa shape index (κ3) is 7.02. The number of aliphatic imine (C=N–C) groups is 1. The second-order valence-electron chi connectivity index (χ2n) is 5.20. The standard InChI is InChI=1S/C16H25N5S2.HI/c1-4-17-15(21(3)13-14-7-5-10-20(14)2)18-8-6-11-22-16-19-9-12-23-16;/h5,7,9-10,12H,4,6,8,11,13H2,1-3H3,(H,17,18);1H. The van der Waals surface area contributed by atoms with Crippen molar-refractivity contribution in [3.05, 3.63) is 35.6 Å². The first-order valence-corrected chi connectivity index (χ1v) is 9.69. The number of halogens is 1. The van der Waals surface area contributed by atoms with Crippen LogP contribution in [0.3, 0.4) is 0 Å². The summed E-state index contributed by atoms with van der Waals surface area (Å²) in [7, 11) is 4.15. The van der Waals surface area contributed by atoms with Crippen molar-refractivity contribution in [1.82, 2.24) is 19.8 Å². The molecule has 134 valence electrons. The first-order valence-electron chi connectivity index (χ1n) is 7.82. The van der Waals surface area contributed by atoms with Gasteiger partial charge in [-0.05, 0) is 25.5 Å². The van der Waals surface area contributed by atoms with Gasteiger partial charge in [0, 0.05) is 56.4 Å². The van der Waals surface area contributed by atoms with Gasteiger partial charge >= 0.3 is 0 Å². The Labute approximate surface area is 170 Å². The number of aryl methyl sites for hydroxylation is 1. The lowest BCUT2D eigenvalue weighted by Gasteiger charge is -2.22. The zero-order valence-corrected chi connectivity index (χ0v) is 18.4. The molecule has 0 atom stereocenters. The van der Waals surface area contributed by atoms with E-state index < -0.39 is 0 Å². The Morgan fingerprint density at radius 3 is 2.96 bits per heavy atom. The molecule has 0 aromatic carbocycles. The zero-order chi connectivity index (χ0) is 16.5. The van der Waals surface area contributed by atoms with E-state index in [0.29, 0.717) is 0 Å². The molecule has 2 heterocycles. The summed E-state index contributed by atoms with van der Waals surface area (Å²) < 4.78 is 3.28. The van der Waals surface area contributed by atoms with Crippen molar-refractivity contribution >= 4 is 53.0 Å². The molecule has 24 heavy (non-hydrogen) atoms. The number of nitrogens with zero attached hydrogens (tertiary/aromatic N) is 4. The van der Waals surface area contributed by atoms with Crippen molar-refractivity contribution in [1.29, 1.82) is 0 Å². The Balaban J connectivity index is 0.00000288. The van der Waals surface area contributed by atoms with Gasteiger partial charge in [0.25, 0.3) is 0 Å². The van der Waals surface area contributed by atoms with E-state index in [1.165, 1.54) is 5.69 Å². The molecule has 5 nitrogen and oxygen atoms in total. The normalized spacial score (nSPS) is 11.2. The molecule has 2 aromatic rings. The number of thiazole rings is 1. The van der Waals surface area contributed by atoms with Crippen molar-refractivity contribution in [3.8, 4) is 0 Å². The Bertz CT molecular complexity index is 597. The molecule has 2 aromatic heterocycles. The van der Waals surface area contributed by atoms with E-state index in [0.717, 1.165) is 42.1 Å². The van der Waals surface area contributed by atoms with E-state index in [9.17, 15) is 0 Å². The van der Waals surface area contributed by atoms with Crippen LogP contribution in [0.15, 0.2) is 39.2 Å². The van der Waals surface area contributed by atoms with Crippen LogP contribution in [0.1, 0.15) is 19.0 Å². The Hall–Kier alpha value is -0.740. The fourth-order valence-corrected chi connectivity index (χ4v) is 3.77. The monoisotopic (exact) mass is 479 g/mol. The number of rotatable bonds is 8. The van der Waals surface area contributed by atoms with Gasteiger partial charge < -0.3 is 14.8 Å². The molecule has 0 unspecified atom stereocenters. The van der Waals surface area contributed by atoms with Crippen LogP contribution in [0.25, 0.3) is 0 Å². The van der Waals surface area contributed by atoms with Crippen molar-refractivity contribution in [2.75, 3.05) is 25.9 Å². The minimum Gasteiger partial charge on any atom is -0.357 e. The summed E-state index contributed by atoms with van der Waals surface area (Å²) in [4.78, 5) is 11.2. The smallest absolute Gasteiger partial charge is 0.194 e. The highest BCUT2D eigenvalue weighted by Gasteiger charge is 2.08. The lowest BCUT2D eigenvalue weighted by Crippen LogP contribution is -2.38. The molecule has 0 amide bonds. The summed E-state index contributed by atoms with van der Waals surface area (Å²) in [5, 5.41) is 5.38. The van der Waals surface area contributed by atoms with Gasteiger partial charge in [0.05, 0.1) is 6.54 Å². The topological polar surface area (TPSA) is 45.5 Å². The second kappa shape index (κ2) is 11.8. The third-order valence-electron chi connectivity index (χ3n) is 3.35. The van der Waals surface area contributed by atoms with Gasteiger partial charge in [0.15, 0.2) is 5.96 Å². The average Bonchev–Trinajstić information content (AvgIpc) is 3.18. The van der Waals surface area contributed by atoms with Gasteiger partial charge in [-0.1, -0.05) is 11.8 Å². The number of guanidine groups is 1. The molecule has 0 saturated heterocycles. The van der Waals surface area contributed by atoms with Crippen LogP contribution in [0, 0.1) is 0 Å². The van der Waals surface area contributed by atoms with Crippen LogP contribution < -0.4 is 5.32 Å². The average molecular weight is 479 g/mol. The summed E-state index contributed by atoms with van der Waals surface area (Å²) in [6.07, 6.45) is 4.98. The van der Waals surface area contributed by atoms with Gasteiger partial charge in [0.1, 0.15) is 4.34 Å². The highest BCUT2D eigenvalue weighted by atomic mass is 127. The summed E-state index contributed by atoms with van der Waals surface area (Å²) >= 11 is 3.50. The molecule has 0 radical (unpaired) electrons. The number of thioether (sulfide) groups is 1. The summed E-state index contributed by atoms with van der Waals surface area (Å²) in [5.41, 5.74) is 1.28. The third-order valence-corrected chi connectivity index (χ3v) is 5.40. The first kappa shape index (κ1) is 21.3.